The fourth-order valence-electron chi connectivity index (χ4n) is 3.18. The highest BCUT2D eigenvalue weighted by Gasteiger charge is 2.37. The highest BCUT2D eigenvalue weighted by molar-refractivity contribution is 5.51. The lowest BCUT2D eigenvalue weighted by molar-refractivity contribution is -0.137. The van der Waals surface area contributed by atoms with Gasteiger partial charge in [-0.1, -0.05) is 13.0 Å². The third-order valence-electron chi connectivity index (χ3n) is 4.62. The number of alkyl halides is 3. The Bertz CT molecular complexity index is 497. The molecule has 21 heavy (non-hydrogen) atoms. The number of hydrogen-bond donors (Lipinski definition) is 1. The van der Waals surface area contributed by atoms with E-state index < -0.39 is 11.7 Å². The molecule has 2 aliphatic rings. The summed E-state index contributed by atoms with van der Waals surface area (Å²) < 4.78 is 38.7. The second-order valence-electron chi connectivity index (χ2n) is 6.11. The maximum Gasteiger partial charge on any atom is 0.416 e. The molecular weight excluding hydrogens is 277 g/mol. The van der Waals surface area contributed by atoms with Crippen LogP contribution in [0.15, 0.2) is 24.3 Å². The lowest BCUT2D eigenvalue weighted by atomic mass is 10.0. The molecule has 2 unspecified atom stereocenters. The minimum atomic E-state index is -4.28. The summed E-state index contributed by atoms with van der Waals surface area (Å²) >= 11 is 0. The van der Waals surface area contributed by atoms with Gasteiger partial charge in [0.05, 0.1) is 5.56 Å². The zero-order valence-corrected chi connectivity index (χ0v) is 12.2. The first-order chi connectivity index (χ1) is 9.99. The van der Waals surface area contributed by atoms with Crippen LogP contribution >= 0.6 is 0 Å². The molecule has 3 rings (SSSR count). The first kappa shape index (κ1) is 14.7. The fourth-order valence-corrected chi connectivity index (χ4v) is 3.18. The molecule has 0 radical (unpaired) electrons. The van der Waals surface area contributed by atoms with E-state index in [2.05, 4.69) is 17.1 Å². The van der Waals surface area contributed by atoms with Crippen molar-refractivity contribution in [2.45, 2.75) is 44.4 Å². The molecule has 1 aromatic carbocycles. The zero-order chi connectivity index (χ0) is 15.0. The number of anilines is 1. The van der Waals surface area contributed by atoms with Gasteiger partial charge in [0.15, 0.2) is 0 Å². The van der Waals surface area contributed by atoms with Crippen LogP contribution in [0.1, 0.15) is 31.7 Å². The predicted octanol–water partition coefficient (Wildman–Crippen LogP) is 3.67. The second kappa shape index (κ2) is 5.52. The maximum atomic E-state index is 12.9. The number of nitrogens with one attached hydrogen (secondary N) is 1. The van der Waals surface area contributed by atoms with Crippen molar-refractivity contribution in [1.29, 1.82) is 0 Å². The molecule has 116 valence electrons. The quantitative estimate of drug-likeness (QED) is 0.916. The topological polar surface area (TPSA) is 15.3 Å². The molecular formula is C16H21F3N2. The van der Waals surface area contributed by atoms with Gasteiger partial charge in [0.25, 0.3) is 0 Å². The average molecular weight is 298 g/mol. The Balaban J connectivity index is 1.84. The molecule has 0 bridgehead atoms. The van der Waals surface area contributed by atoms with Gasteiger partial charge in [-0.05, 0) is 43.4 Å². The van der Waals surface area contributed by atoms with E-state index in [1.165, 1.54) is 25.0 Å². The minimum absolute atomic E-state index is 0.267. The van der Waals surface area contributed by atoms with Gasteiger partial charge in [-0.15, -0.1) is 0 Å². The number of benzene rings is 1. The molecule has 1 saturated heterocycles. The van der Waals surface area contributed by atoms with E-state index >= 15 is 0 Å². The van der Waals surface area contributed by atoms with Crippen molar-refractivity contribution < 1.29 is 13.2 Å². The van der Waals surface area contributed by atoms with Crippen molar-refractivity contribution in [2.75, 3.05) is 18.0 Å². The number of nitrogens with zero attached hydrogens (tertiary/aromatic N) is 1. The van der Waals surface area contributed by atoms with E-state index in [0.717, 1.165) is 25.6 Å². The van der Waals surface area contributed by atoms with E-state index in [1.54, 1.807) is 6.07 Å². The smallest absolute Gasteiger partial charge is 0.366 e. The molecule has 1 heterocycles. The second-order valence-corrected chi connectivity index (χ2v) is 6.11. The average Bonchev–Trinajstić information content (AvgIpc) is 3.30. The van der Waals surface area contributed by atoms with Gasteiger partial charge < -0.3 is 10.2 Å². The Labute approximate surface area is 123 Å². The van der Waals surface area contributed by atoms with Gasteiger partial charge in [0.1, 0.15) is 0 Å². The van der Waals surface area contributed by atoms with E-state index in [-0.39, 0.29) is 6.04 Å². The molecule has 2 fully saturated rings. The predicted molar refractivity (Wildman–Crippen MR) is 77.4 cm³/mol. The standard InChI is InChI=1S/C16H21F3N2/c1-2-13-9-20-15(11-6-7-11)10-21(13)14-5-3-4-12(8-14)16(17,18)19/h3-5,8,11,13,15,20H,2,6-7,9-10H2,1H3. The molecule has 1 N–H and O–H groups in total. The third kappa shape index (κ3) is 3.18. The van der Waals surface area contributed by atoms with Crippen LogP contribution in [0.3, 0.4) is 0 Å². The van der Waals surface area contributed by atoms with Gasteiger partial charge in [-0.3, -0.25) is 0 Å². The maximum absolute atomic E-state index is 12.9. The molecule has 0 amide bonds. The first-order valence-corrected chi connectivity index (χ1v) is 7.66. The SMILES string of the molecule is CCC1CNC(C2CC2)CN1c1cccc(C(F)(F)F)c1. The van der Waals surface area contributed by atoms with E-state index in [9.17, 15) is 13.2 Å². The molecule has 1 aromatic rings. The molecule has 2 atom stereocenters. The van der Waals surface area contributed by atoms with Gasteiger partial charge in [-0.25, -0.2) is 0 Å². The molecule has 1 aliphatic carbocycles. The zero-order valence-electron chi connectivity index (χ0n) is 12.2. The molecule has 0 spiro atoms. The number of rotatable bonds is 3. The van der Waals surface area contributed by atoms with Crippen molar-refractivity contribution in [3.63, 3.8) is 0 Å². The van der Waals surface area contributed by atoms with E-state index in [1.807, 2.05) is 0 Å². The number of halogens is 3. The van der Waals surface area contributed by atoms with Crippen LogP contribution in [-0.4, -0.2) is 25.2 Å². The van der Waals surface area contributed by atoms with Crippen LogP contribution in [-0.2, 0) is 6.18 Å². The van der Waals surface area contributed by atoms with Crippen molar-refractivity contribution in [3.05, 3.63) is 29.8 Å². The fraction of sp³-hybridized carbons (Fsp3) is 0.625. The Kier molecular flexibility index (Phi) is 3.86. The lowest BCUT2D eigenvalue weighted by Gasteiger charge is -2.42. The molecule has 0 aromatic heterocycles. The summed E-state index contributed by atoms with van der Waals surface area (Å²) in [6.45, 7) is 3.75. The van der Waals surface area contributed by atoms with Crippen LogP contribution in [0.5, 0.6) is 0 Å². The summed E-state index contributed by atoms with van der Waals surface area (Å²) in [6.07, 6.45) is -0.863. The number of piperazine rings is 1. The van der Waals surface area contributed by atoms with Crippen LogP contribution in [0.2, 0.25) is 0 Å². The third-order valence-corrected chi connectivity index (χ3v) is 4.62. The molecule has 2 nitrogen and oxygen atoms in total. The molecule has 5 heteroatoms. The number of hydrogen-bond acceptors (Lipinski definition) is 2. The Hall–Kier alpha value is -1.23. The van der Waals surface area contributed by atoms with Crippen LogP contribution in [0.25, 0.3) is 0 Å². The Morgan fingerprint density at radius 2 is 2.05 bits per heavy atom. The normalized spacial score (nSPS) is 27.0. The van der Waals surface area contributed by atoms with E-state index in [0.29, 0.717) is 17.6 Å². The lowest BCUT2D eigenvalue weighted by Crippen LogP contribution is -2.57. The van der Waals surface area contributed by atoms with Crippen LogP contribution in [0.4, 0.5) is 18.9 Å². The first-order valence-electron chi connectivity index (χ1n) is 7.66. The van der Waals surface area contributed by atoms with Crippen molar-refractivity contribution in [1.82, 2.24) is 5.32 Å². The minimum Gasteiger partial charge on any atom is -0.366 e. The Morgan fingerprint density at radius 3 is 2.67 bits per heavy atom. The summed E-state index contributed by atoms with van der Waals surface area (Å²) in [5.74, 6) is 0.705. The van der Waals surface area contributed by atoms with E-state index in [4.69, 9.17) is 0 Å². The van der Waals surface area contributed by atoms with Gasteiger partial charge >= 0.3 is 6.18 Å². The highest BCUT2D eigenvalue weighted by atomic mass is 19.4. The van der Waals surface area contributed by atoms with Gasteiger partial charge in [0, 0.05) is 30.9 Å². The Morgan fingerprint density at radius 1 is 1.29 bits per heavy atom. The van der Waals surface area contributed by atoms with Crippen LogP contribution < -0.4 is 10.2 Å². The summed E-state index contributed by atoms with van der Waals surface area (Å²) in [4.78, 5) is 2.16. The highest BCUT2D eigenvalue weighted by Crippen LogP contribution is 2.37. The van der Waals surface area contributed by atoms with Crippen molar-refractivity contribution in [2.24, 2.45) is 5.92 Å². The largest absolute Gasteiger partial charge is 0.416 e. The molecule has 1 saturated carbocycles. The van der Waals surface area contributed by atoms with Gasteiger partial charge in [-0.2, -0.15) is 13.2 Å². The molecule has 1 aliphatic heterocycles. The summed E-state index contributed by atoms with van der Waals surface area (Å²) in [5.41, 5.74) is 0.139. The van der Waals surface area contributed by atoms with Crippen LogP contribution in [0, 0.1) is 5.92 Å². The van der Waals surface area contributed by atoms with Crippen molar-refractivity contribution >= 4 is 5.69 Å². The summed E-state index contributed by atoms with van der Waals surface area (Å²) in [7, 11) is 0. The van der Waals surface area contributed by atoms with Crippen molar-refractivity contribution in [3.8, 4) is 0 Å². The summed E-state index contributed by atoms with van der Waals surface area (Å²) in [5, 5.41) is 3.56. The monoisotopic (exact) mass is 298 g/mol. The van der Waals surface area contributed by atoms with Gasteiger partial charge in [0.2, 0.25) is 0 Å². The summed E-state index contributed by atoms with van der Waals surface area (Å²) in [6, 6.07) is 6.43.